The zero-order chi connectivity index (χ0) is 23.7. The van der Waals surface area contributed by atoms with Crippen LogP contribution in [0.1, 0.15) is 42.9 Å². The van der Waals surface area contributed by atoms with Gasteiger partial charge in [0.1, 0.15) is 17.3 Å². The molecule has 7 nitrogen and oxygen atoms in total. The number of likely N-dealkylation sites (N-methyl/N-ethyl adjacent to an activating group) is 1. The minimum Gasteiger partial charge on any atom is -0.324 e. The van der Waals surface area contributed by atoms with Gasteiger partial charge in [0.2, 0.25) is 5.95 Å². The number of hydrogen-bond acceptors (Lipinski definition) is 6. The van der Waals surface area contributed by atoms with Crippen LogP contribution in [0.5, 0.6) is 0 Å². The molecule has 0 bridgehead atoms. The van der Waals surface area contributed by atoms with Crippen LogP contribution in [-0.4, -0.2) is 40.1 Å². The number of fused-ring (bicyclic) bond motifs is 2. The number of nitrogens with one attached hydrogen (secondary N) is 1. The highest BCUT2D eigenvalue weighted by atomic mass is 16.1. The minimum absolute atomic E-state index is 0.0762. The second-order valence-corrected chi connectivity index (χ2v) is 9.29. The topological polar surface area (TPSA) is 86.8 Å². The van der Waals surface area contributed by atoms with E-state index in [9.17, 15) is 10.1 Å². The molecule has 0 amide bonds. The first-order valence-corrected chi connectivity index (χ1v) is 11.8. The zero-order valence-corrected chi connectivity index (χ0v) is 19.6. The van der Waals surface area contributed by atoms with Gasteiger partial charge >= 0.3 is 0 Å². The van der Waals surface area contributed by atoms with E-state index in [-0.39, 0.29) is 17.2 Å². The van der Waals surface area contributed by atoms with Crippen molar-refractivity contribution >= 4 is 33.4 Å². The van der Waals surface area contributed by atoms with Gasteiger partial charge in [-0.05, 0) is 67.9 Å². The summed E-state index contributed by atoms with van der Waals surface area (Å²) in [4.78, 5) is 24.4. The van der Waals surface area contributed by atoms with E-state index in [4.69, 9.17) is 4.98 Å². The number of hydrogen-bond donors (Lipinski definition) is 1. The molecular weight excluding hydrogens is 424 g/mol. The van der Waals surface area contributed by atoms with Crippen LogP contribution in [0.3, 0.4) is 0 Å². The third-order valence-electron chi connectivity index (χ3n) is 6.64. The van der Waals surface area contributed by atoms with Crippen LogP contribution in [0, 0.1) is 11.3 Å². The molecule has 1 N–H and O–H groups in total. The highest BCUT2D eigenvalue weighted by molar-refractivity contribution is 5.89. The first-order valence-electron chi connectivity index (χ1n) is 11.8. The lowest BCUT2D eigenvalue weighted by molar-refractivity contribution is 0.414. The van der Waals surface area contributed by atoms with E-state index in [2.05, 4.69) is 59.6 Å². The number of anilines is 2. The molecule has 2 aromatic heterocycles. The van der Waals surface area contributed by atoms with Crippen molar-refractivity contribution in [1.29, 1.82) is 5.26 Å². The molecule has 0 unspecified atom stereocenters. The molecule has 2 heterocycles. The van der Waals surface area contributed by atoms with Crippen molar-refractivity contribution in [2.45, 2.75) is 38.1 Å². The molecular formula is C27H28N6O. The first-order chi connectivity index (χ1) is 16.5. The van der Waals surface area contributed by atoms with Gasteiger partial charge in [-0.2, -0.15) is 10.2 Å². The Hall–Kier alpha value is -3.76. The quantitative estimate of drug-likeness (QED) is 0.453. The van der Waals surface area contributed by atoms with Gasteiger partial charge in [0, 0.05) is 29.9 Å². The summed E-state index contributed by atoms with van der Waals surface area (Å²) < 4.78 is 1.71. The second-order valence-electron chi connectivity index (χ2n) is 9.29. The van der Waals surface area contributed by atoms with Crippen LogP contribution in [-0.2, 0) is 6.42 Å². The summed E-state index contributed by atoms with van der Waals surface area (Å²) in [5, 5.41) is 15.9. The smallest absolute Gasteiger partial charge is 0.270 e. The highest BCUT2D eigenvalue weighted by Crippen LogP contribution is 2.31. The monoisotopic (exact) mass is 452 g/mol. The van der Waals surface area contributed by atoms with Gasteiger partial charge in [-0.25, -0.2) is 4.98 Å². The van der Waals surface area contributed by atoms with Crippen molar-refractivity contribution in [1.82, 2.24) is 19.4 Å². The van der Waals surface area contributed by atoms with Crippen molar-refractivity contribution in [3.05, 3.63) is 70.1 Å². The van der Waals surface area contributed by atoms with Crippen LogP contribution in [0.15, 0.2) is 53.5 Å². The standard InChI is InChI=1S/C27H28N6O/c1-32(2)13-12-18-6-5-7-19-15-22(10-11-24(18)19)30-27-29-17-21-14-20(16-28)26(34)33(25(21)31-27)23-8-3-4-9-23/h5-7,10-11,14-15,17,23H,3-4,8-9,12-13H2,1-2H3,(H,29,30,31). The predicted molar refractivity (Wildman–Crippen MR) is 136 cm³/mol. The first kappa shape index (κ1) is 22.1. The van der Waals surface area contributed by atoms with Gasteiger partial charge in [-0.1, -0.05) is 37.1 Å². The molecule has 1 aliphatic carbocycles. The lowest BCUT2D eigenvalue weighted by atomic mass is 10.0. The fourth-order valence-electron chi connectivity index (χ4n) is 4.88. The van der Waals surface area contributed by atoms with Crippen LogP contribution in [0.2, 0.25) is 0 Å². The number of nitriles is 1. The van der Waals surface area contributed by atoms with Crippen molar-refractivity contribution in [3.8, 4) is 6.07 Å². The number of aromatic nitrogens is 3. The fraction of sp³-hybridized carbons (Fsp3) is 0.333. The summed E-state index contributed by atoms with van der Waals surface area (Å²) in [6.07, 6.45) is 6.71. The average molecular weight is 453 g/mol. The molecule has 0 saturated heterocycles. The van der Waals surface area contributed by atoms with Gasteiger partial charge in [-0.15, -0.1) is 0 Å². The Morgan fingerprint density at radius 3 is 2.74 bits per heavy atom. The SMILES string of the molecule is CN(C)CCc1cccc2cc(Nc3ncc4cc(C#N)c(=O)n(C5CCCC5)c4n3)ccc12. The molecule has 34 heavy (non-hydrogen) atoms. The summed E-state index contributed by atoms with van der Waals surface area (Å²) in [5.74, 6) is 0.437. The summed E-state index contributed by atoms with van der Waals surface area (Å²) >= 11 is 0. The summed E-state index contributed by atoms with van der Waals surface area (Å²) in [6, 6.07) is 16.4. The Labute approximate surface area is 198 Å². The van der Waals surface area contributed by atoms with E-state index in [0.717, 1.165) is 49.7 Å². The summed E-state index contributed by atoms with van der Waals surface area (Å²) in [5.41, 5.74) is 2.68. The highest BCUT2D eigenvalue weighted by Gasteiger charge is 2.22. The molecule has 1 saturated carbocycles. The number of pyridine rings is 1. The Balaban J connectivity index is 1.51. The van der Waals surface area contributed by atoms with Gasteiger partial charge in [0.15, 0.2) is 0 Å². The minimum atomic E-state index is -0.262. The molecule has 1 aliphatic rings. The third-order valence-corrected chi connectivity index (χ3v) is 6.64. The lowest BCUT2D eigenvalue weighted by Crippen LogP contribution is -2.26. The van der Waals surface area contributed by atoms with Gasteiger partial charge < -0.3 is 10.2 Å². The molecule has 0 spiro atoms. The maximum Gasteiger partial charge on any atom is 0.270 e. The molecule has 7 heteroatoms. The molecule has 0 radical (unpaired) electrons. The largest absolute Gasteiger partial charge is 0.324 e. The number of rotatable bonds is 6. The van der Waals surface area contributed by atoms with Crippen molar-refractivity contribution in [2.75, 3.05) is 26.0 Å². The summed E-state index contributed by atoms with van der Waals surface area (Å²) in [6.45, 7) is 1.00. The normalized spacial score (nSPS) is 14.2. The Morgan fingerprint density at radius 1 is 1.15 bits per heavy atom. The zero-order valence-electron chi connectivity index (χ0n) is 19.6. The van der Waals surface area contributed by atoms with Gasteiger partial charge in [0.05, 0.1) is 0 Å². The summed E-state index contributed by atoms with van der Waals surface area (Å²) in [7, 11) is 4.17. The van der Waals surface area contributed by atoms with Crippen LogP contribution in [0.25, 0.3) is 21.8 Å². The van der Waals surface area contributed by atoms with Gasteiger partial charge in [-0.3, -0.25) is 9.36 Å². The molecule has 172 valence electrons. The van der Waals surface area contributed by atoms with Crippen LogP contribution >= 0.6 is 0 Å². The van der Waals surface area contributed by atoms with Crippen LogP contribution in [0.4, 0.5) is 11.6 Å². The van der Waals surface area contributed by atoms with Crippen LogP contribution < -0.4 is 10.9 Å². The number of benzene rings is 2. The maximum atomic E-state index is 13.0. The maximum absolute atomic E-state index is 13.0. The van der Waals surface area contributed by atoms with E-state index in [1.165, 1.54) is 10.9 Å². The molecule has 4 aromatic rings. The Kier molecular flexibility index (Phi) is 5.99. The number of nitrogens with zero attached hydrogens (tertiary/aromatic N) is 5. The second kappa shape index (κ2) is 9.24. The molecule has 0 aliphatic heterocycles. The fourth-order valence-corrected chi connectivity index (χ4v) is 4.88. The molecule has 0 atom stereocenters. The Bertz CT molecular complexity index is 1460. The van der Waals surface area contributed by atoms with Crippen molar-refractivity contribution < 1.29 is 0 Å². The lowest BCUT2D eigenvalue weighted by Gasteiger charge is -2.17. The van der Waals surface area contributed by atoms with Crippen molar-refractivity contribution in [2.24, 2.45) is 0 Å². The average Bonchev–Trinajstić information content (AvgIpc) is 3.36. The third kappa shape index (κ3) is 4.25. The molecule has 1 fully saturated rings. The molecule has 5 rings (SSSR count). The van der Waals surface area contributed by atoms with Crippen molar-refractivity contribution in [3.63, 3.8) is 0 Å². The predicted octanol–water partition coefficient (Wildman–Crippen LogP) is 4.78. The van der Waals surface area contributed by atoms with Gasteiger partial charge in [0.25, 0.3) is 5.56 Å². The van der Waals surface area contributed by atoms with E-state index in [1.54, 1.807) is 16.8 Å². The van der Waals surface area contributed by atoms with E-state index in [1.807, 2.05) is 12.1 Å². The van der Waals surface area contributed by atoms with E-state index in [0.29, 0.717) is 17.0 Å². The molecule has 2 aromatic carbocycles. The van der Waals surface area contributed by atoms with E-state index < -0.39 is 0 Å². The van der Waals surface area contributed by atoms with E-state index >= 15 is 0 Å². The Morgan fingerprint density at radius 2 is 1.97 bits per heavy atom.